The summed E-state index contributed by atoms with van der Waals surface area (Å²) in [5, 5.41) is 2.96. The fraction of sp³-hybridized carbons (Fsp3) is 0.238. The Balaban J connectivity index is 1.39. The van der Waals surface area contributed by atoms with Gasteiger partial charge in [0.25, 0.3) is 5.91 Å². The van der Waals surface area contributed by atoms with E-state index in [4.69, 9.17) is 11.6 Å². The van der Waals surface area contributed by atoms with Gasteiger partial charge in [-0.3, -0.25) is 19.4 Å². The quantitative estimate of drug-likeness (QED) is 0.641. The Labute approximate surface area is 166 Å². The summed E-state index contributed by atoms with van der Waals surface area (Å²) in [6.07, 6.45) is 6.53. The van der Waals surface area contributed by atoms with E-state index in [-0.39, 0.29) is 52.1 Å². The third-order valence-corrected chi connectivity index (χ3v) is 6.12. The van der Waals surface area contributed by atoms with E-state index in [1.165, 1.54) is 11.1 Å². The van der Waals surface area contributed by atoms with Gasteiger partial charge in [-0.25, -0.2) is 4.90 Å². The number of fused-ring (bicyclic) bond motifs is 5. The first kappa shape index (κ1) is 17.1. The van der Waals surface area contributed by atoms with Crippen molar-refractivity contribution in [2.75, 3.05) is 10.2 Å². The van der Waals surface area contributed by atoms with Gasteiger partial charge in [0.1, 0.15) is 5.69 Å². The van der Waals surface area contributed by atoms with E-state index in [1.807, 2.05) is 0 Å². The third kappa shape index (κ3) is 2.48. The zero-order chi connectivity index (χ0) is 19.4. The molecular weight excluding hydrogens is 378 g/mol. The van der Waals surface area contributed by atoms with E-state index in [0.717, 1.165) is 6.42 Å². The smallest absolute Gasteiger partial charge is 0.274 e. The molecule has 3 amide bonds. The second-order valence-electron chi connectivity index (χ2n) is 7.35. The van der Waals surface area contributed by atoms with Gasteiger partial charge in [0.2, 0.25) is 11.8 Å². The van der Waals surface area contributed by atoms with Crippen molar-refractivity contribution in [1.82, 2.24) is 4.98 Å². The van der Waals surface area contributed by atoms with Gasteiger partial charge in [0.05, 0.1) is 22.5 Å². The summed E-state index contributed by atoms with van der Waals surface area (Å²) >= 11 is 6.39. The highest BCUT2D eigenvalue weighted by Crippen LogP contribution is 2.53. The van der Waals surface area contributed by atoms with Crippen LogP contribution in [0.1, 0.15) is 16.9 Å². The van der Waals surface area contributed by atoms with Gasteiger partial charge in [-0.1, -0.05) is 29.8 Å². The number of pyridine rings is 1. The van der Waals surface area contributed by atoms with Crippen LogP contribution in [-0.4, -0.2) is 22.7 Å². The summed E-state index contributed by atoms with van der Waals surface area (Å²) in [6, 6.07) is 9.82. The number of nitrogens with zero attached hydrogens (tertiary/aromatic N) is 2. The number of aromatic nitrogens is 1. The summed E-state index contributed by atoms with van der Waals surface area (Å²) in [5.41, 5.74) is 1.11. The number of carbonyl (C=O) groups excluding carboxylic acids is 3. The number of carbonyl (C=O) groups is 3. The molecule has 2 bridgehead atoms. The predicted octanol–water partition coefficient (Wildman–Crippen LogP) is 3.30. The van der Waals surface area contributed by atoms with Crippen molar-refractivity contribution >= 4 is 40.7 Å². The Bertz CT molecular complexity index is 1010. The molecule has 2 heterocycles. The van der Waals surface area contributed by atoms with E-state index < -0.39 is 0 Å². The van der Waals surface area contributed by atoms with Crippen LogP contribution in [-0.2, 0) is 9.59 Å². The molecule has 1 aliphatic heterocycles. The first-order valence-corrected chi connectivity index (χ1v) is 9.50. The van der Waals surface area contributed by atoms with Crippen molar-refractivity contribution in [2.45, 2.75) is 6.42 Å². The number of amides is 3. The molecule has 0 radical (unpaired) electrons. The average molecular weight is 394 g/mol. The molecule has 3 aliphatic rings. The maximum absolute atomic E-state index is 12.9. The zero-order valence-corrected chi connectivity index (χ0v) is 15.5. The number of hydrogen-bond acceptors (Lipinski definition) is 4. The van der Waals surface area contributed by atoms with E-state index in [0.29, 0.717) is 11.4 Å². The number of halogens is 1. The topological polar surface area (TPSA) is 79.4 Å². The van der Waals surface area contributed by atoms with Crippen LogP contribution in [0.4, 0.5) is 11.4 Å². The molecule has 2 aliphatic carbocycles. The van der Waals surface area contributed by atoms with Gasteiger partial charge < -0.3 is 5.32 Å². The molecule has 1 N–H and O–H groups in total. The van der Waals surface area contributed by atoms with Gasteiger partial charge >= 0.3 is 0 Å². The fourth-order valence-electron chi connectivity index (χ4n) is 4.60. The van der Waals surface area contributed by atoms with Crippen molar-refractivity contribution in [3.63, 3.8) is 0 Å². The van der Waals surface area contributed by atoms with Crippen LogP contribution < -0.4 is 10.2 Å². The van der Waals surface area contributed by atoms with E-state index in [2.05, 4.69) is 22.5 Å². The molecule has 0 unspecified atom stereocenters. The average Bonchev–Trinajstić information content (AvgIpc) is 3.37. The Hall–Kier alpha value is -2.99. The second-order valence-corrected chi connectivity index (χ2v) is 7.75. The number of allylic oxidation sites excluding steroid dienone is 2. The maximum atomic E-state index is 12.9. The number of rotatable bonds is 3. The number of imide groups is 1. The van der Waals surface area contributed by atoms with Crippen molar-refractivity contribution in [3.05, 3.63) is 65.5 Å². The Kier molecular flexibility index (Phi) is 3.84. The van der Waals surface area contributed by atoms with Crippen LogP contribution >= 0.6 is 11.6 Å². The zero-order valence-electron chi connectivity index (χ0n) is 14.7. The Morgan fingerprint density at radius 3 is 2.39 bits per heavy atom. The molecule has 1 saturated heterocycles. The van der Waals surface area contributed by atoms with E-state index >= 15 is 0 Å². The molecule has 2 aromatic rings. The fourth-order valence-corrected chi connectivity index (χ4v) is 4.86. The molecule has 2 fully saturated rings. The predicted molar refractivity (Wildman–Crippen MR) is 104 cm³/mol. The minimum Gasteiger partial charge on any atom is -0.321 e. The minimum absolute atomic E-state index is 0.146. The Morgan fingerprint density at radius 2 is 1.79 bits per heavy atom. The molecule has 28 heavy (non-hydrogen) atoms. The van der Waals surface area contributed by atoms with Gasteiger partial charge in [0.15, 0.2) is 0 Å². The molecule has 7 heteroatoms. The SMILES string of the molecule is O=C(Nc1ccc(N2C(=O)[C@@H]3[C@H](C2=O)[C@H]2C=C[C@H]3C2)c(Cl)c1)c1ccccn1. The first-order valence-electron chi connectivity index (χ1n) is 9.12. The number of nitrogens with one attached hydrogen (secondary N) is 1. The lowest BCUT2D eigenvalue weighted by Gasteiger charge is -2.19. The first-order chi connectivity index (χ1) is 13.5. The molecule has 6 nitrogen and oxygen atoms in total. The van der Waals surface area contributed by atoms with Crippen LogP contribution in [0.15, 0.2) is 54.7 Å². The van der Waals surface area contributed by atoms with Crippen LogP contribution in [0.3, 0.4) is 0 Å². The van der Waals surface area contributed by atoms with Crippen molar-refractivity contribution < 1.29 is 14.4 Å². The molecule has 140 valence electrons. The third-order valence-electron chi connectivity index (χ3n) is 5.81. The van der Waals surface area contributed by atoms with Crippen LogP contribution in [0.2, 0.25) is 5.02 Å². The highest BCUT2D eigenvalue weighted by molar-refractivity contribution is 6.36. The summed E-state index contributed by atoms with van der Waals surface area (Å²) in [5.74, 6) is -0.989. The van der Waals surface area contributed by atoms with Crippen molar-refractivity contribution in [3.8, 4) is 0 Å². The van der Waals surface area contributed by atoms with Crippen LogP contribution in [0, 0.1) is 23.7 Å². The van der Waals surface area contributed by atoms with Crippen molar-refractivity contribution in [2.24, 2.45) is 23.7 Å². The van der Waals surface area contributed by atoms with Gasteiger partial charge in [-0.15, -0.1) is 0 Å². The normalized spacial score (nSPS) is 27.4. The molecule has 5 rings (SSSR count). The van der Waals surface area contributed by atoms with Gasteiger partial charge in [-0.2, -0.15) is 0 Å². The summed E-state index contributed by atoms with van der Waals surface area (Å²) in [4.78, 5) is 43.3. The molecule has 1 saturated carbocycles. The largest absolute Gasteiger partial charge is 0.321 e. The van der Waals surface area contributed by atoms with Crippen molar-refractivity contribution in [1.29, 1.82) is 0 Å². The van der Waals surface area contributed by atoms with Crippen LogP contribution in [0.5, 0.6) is 0 Å². The lowest BCUT2D eigenvalue weighted by atomic mass is 9.85. The second kappa shape index (κ2) is 6.27. The minimum atomic E-state index is -0.366. The molecule has 1 aromatic heterocycles. The summed E-state index contributed by atoms with van der Waals surface area (Å²) in [7, 11) is 0. The van der Waals surface area contributed by atoms with E-state index in [1.54, 1.807) is 36.4 Å². The van der Waals surface area contributed by atoms with E-state index in [9.17, 15) is 14.4 Å². The lowest BCUT2D eigenvalue weighted by molar-refractivity contribution is -0.123. The molecule has 1 aromatic carbocycles. The van der Waals surface area contributed by atoms with Gasteiger partial charge in [-0.05, 0) is 48.6 Å². The lowest BCUT2D eigenvalue weighted by Crippen LogP contribution is -2.33. The monoisotopic (exact) mass is 393 g/mol. The number of hydrogen-bond donors (Lipinski definition) is 1. The highest BCUT2D eigenvalue weighted by atomic mass is 35.5. The Morgan fingerprint density at radius 1 is 1.07 bits per heavy atom. The number of benzene rings is 1. The highest BCUT2D eigenvalue weighted by Gasteiger charge is 2.59. The van der Waals surface area contributed by atoms with Gasteiger partial charge in [0, 0.05) is 11.9 Å². The molecule has 4 atom stereocenters. The molecule has 0 spiro atoms. The standard InChI is InChI=1S/C21H16ClN3O3/c22-14-10-13(24-19(26)15-3-1-2-8-23-15)6-7-16(14)25-20(27)17-11-4-5-12(9-11)18(17)21(25)28/h1-8,10-12,17-18H,9H2,(H,24,26)/t11-,12-,17-,18+/m0/s1. The summed E-state index contributed by atoms with van der Waals surface area (Å²) < 4.78 is 0. The molecular formula is C21H16ClN3O3. The maximum Gasteiger partial charge on any atom is 0.274 e. The number of anilines is 2. The summed E-state index contributed by atoms with van der Waals surface area (Å²) in [6.45, 7) is 0. The van der Waals surface area contributed by atoms with Crippen LogP contribution in [0.25, 0.3) is 0 Å².